The summed E-state index contributed by atoms with van der Waals surface area (Å²) in [5.41, 5.74) is 2.63. The van der Waals surface area contributed by atoms with Gasteiger partial charge in [0, 0.05) is 38.4 Å². The maximum Gasteiger partial charge on any atom is 0.271 e. The number of carbonyl (C=O) groups is 1. The largest absolute Gasteiger partial charge is 0.369 e. The van der Waals surface area contributed by atoms with E-state index in [2.05, 4.69) is 55.6 Å². The van der Waals surface area contributed by atoms with Crippen molar-refractivity contribution in [1.29, 1.82) is 0 Å². The van der Waals surface area contributed by atoms with E-state index >= 15 is 0 Å². The standard InChI is InChI=1S/C21H25N5OS/c27-21(19-16-18(23-24-19)20-8-4-15-28-20)22-9-5-10-25-11-13-26(14-12-25)17-6-2-1-3-7-17/h1-4,6-8,15-16H,5,9-14H2,(H,22,27)(H,23,24). The molecule has 4 rings (SSSR count). The SMILES string of the molecule is O=C(NCCCN1CCN(c2ccccc2)CC1)c1cc(-c2cccs2)[nH]n1. The summed E-state index contributed by atoms with van der Waals surface area (Å²) in [6.45, 7) is 5.89. The normalized spacial score (nSPS) is 14.9. The summed E-state index contributed by atoms with van der Waals surface area (Å²) in [5, 5.41) is 12.1. The van der Waals surface area contributed by atoms with Crippen molar-refractivity contribution >= 4 is 22.9 Å². The van der Waals surface area contributed by atoms with Gasteiger partial charge in [0.15, 0.2) is 5.69 Å². The summed E-state index contributed by atoms with van der Waals surface area (Å²) in [7, 11) is 0. The van der Waals surface area contributed by atoms with E-state index in [1.165, 1.54) is 5.69 Å². The Morgan fingerprint density at radius 1 is 1.11 bits per heavy atom. The molecule has 0 aliphatic carbocycles. The first-order valence-corrected chi connectivity index (χ1v) is 10.6. The molecule has 0 radical (unpaired) electrons. The van der Waals surface area contributed by atoms with Gasteiger partial charge in [-0.2, -0.15) is 5.10 Å². The predicted octanol–water partition coefficient (Wildman–Crippen LogP) is 3.08. The lowest BCUT2D eigenvalue weighted by molar-refractivity contribution is 0.0946. The second kappa shape index (κ2) is 9.03. The lowest BCUT2D eigenvalue weighted by Gasteiger charge is -2.36. The first kappa shape index (κ1) is 18.7. The lowest BCUT2D eigenvalue weighted by atomic mass is 10.2. The Bertz CT molecular complexity index is 869. The summed E-state index contributed by atoms with van der Waals surface area (Å²) in [4.78, 5) is 18.3. The second-order valence-electron chi connectivity index (χ2n) is 6.92. The van der Waals surface area contributed by atoms with Crippen LogP contribution in [0.25, 0.3) is 10.6 Å². The van der Waals surface area contributed by atoms with Crippen molar-refractivity contribution in [2.45, 2.75) is 6.42 Å². The number of rotatable bonds is 7. The van der Waals surface area contributed by atoms with E-state index in [4.69, 9.17) is 0 Å². The molecule has 6 nitrogen and oxygen atoms in total. The van der Waals surface area contributed by atoms with Crippen molar-refractivity contribution in [3.8, 4) is 10.6 Å². The Morgan fingerprint density at radius 3 is 2.68 bits per heavy atom. The van der Waals surface area contributed by atoms with Gasteiger partial charge in [0.05, 0.1) is 10.6 Å². The Morgan fingerprint density at radius 2 is 1.93 bits per heavy atom. The van der Waals surface area contributed by atoms with Crippen molar-refractivity contribution in [1.82, 2.24) is 20.4 Å². The van der Waals surface area contributed by atoms with Crippen LogP contribution in [0, 0.1) is 0 Å². The number of carbonyl (C=O) groups excluding carboxylic acids is 1. The van der Waals surface area contributed by atoms with Crippen molar-refractivity contribution in [3.05, 3.63) is 59.6 Å². The van der Waals surface area contributed by atoms with Gasteiger partial charge in [-0.25, -0.2) is 0 Å². The molecule has 1 fully saturated rings. The molecule has 146 valence electrons. The Balaban J connectivity index is 1.16. The lowest BCUT2D eigenvalue weighted by Crippen LogP contribution is -2.47. The van der Waals surface area contributed by atoms with Crippen LogP contribution in [0.3, 0.4) is 0 Å². The van der Waals surface area contributed by atoms with E-state index in [0.29, 0.717) is 12.2 Å². The topological polar surface area (TPSA) is 64.3 Å². The predicted molar refractivity (Wildman–Crippen MR) is 114 cm³/mol. The summed E-state index contributed by atoms with van der Waals surface area (Å²) in [5.74, 6) is -0.118. The van der Waals surface area contributed by atoms with Gasteiger partial charge in [-0.15, -0.1) is 11.3 Å². The number of piperazine rings is 1. The quantitative estimate of drug-likeness (QED) is 0.604. The molecule has 0 unspecified atom stereocenters. The van der Waals surface area contributed by atoms with Gasteiger partial charge >= 0.3 is 0 Å². The Hall–Kier alpha value is -2.64. The maximum atomic E-state index is 12.3. The molecule has 3 aromatic rings. The first-order valence-electron chi connectivity index (χ1n) is 9.69. The molecule has 0 bridgehead atoms. The van der Waals surface area contributed by atoms with E-state index in [0.717, 1.165) is 49.7 Å². The molecule has 7 heteroatoms. The summed E-state index contributed by atoms with van der Waals surface area (Å²) >= 11 is 1.63. The van der Waals surface area contributed by atoms with E-state index < -0.39 is 0 Å². The minimum absolute atomic E-state index is 0.118. The fourth-order valence-electron chi connectivity index (χ4n) is 3.46. The molecule has 0 spiro atoms. The van der Waals surface area contributed by atoms with Gasteiger partial charge in [0.1, 0.15) is 0 Å². The van der Waals surface area contributed by atoms with Crippen molar-refractivity contribution in [2.75, 3.05) is 44.2 Å². The van der Waals surface area contributed by atoms with E-state index in [1.807, 2.05) is 23.6 Å². The zero-order chi connectivity index (χ0) is 19.2. The highest BCUT2D eigenvalue weighted by Crippen LogP contribution is 2.22. The number of anilines is 1. The molecule has 0 saturated carbocycles. The molecule has 28 heavy (non-hydrogen) atoms. The number of nitrogens with one attached hydrogen (secondary N) is 2. The number of hydrogen-bond acceptors (Lipinski definition) is 5. The fourth-order valence-corrected chi connectivity index (χ4v) is 4.15. The third kappa shape index (κ3) is 4.61. The van der Waals surface area contributed by atoms with Crippen LogP contribution in [0.2, 0.25) is 0 Å². The number of nitrogens with zero attached hydrogens (tertiary/aromatic N) is 3. The number of aromatic amines is 1. The summed E-state index contributed by atoms with van der Waals surface area (Å²) in [6.07, 6.45) is 0.944. The smallest absolute Gasteiger partial charge is 0.271 e. The minimum atomic E-state index is -0.118. The van der Waals surface area contributed by atoms with Gasteiger partial charge in [-0.3, -0.25) is 14.8 Å². The van der Waals surface area contributed by atoms with Crippen LogP contribution in [0.4, 0.5) is 5.69 Å². The summed E-state index contributed by atoms with van der Waals surface area (Å²) < 4.78 is 0. The fraction of sp³-hybridized carbons (Fsp3) is 0.333. The number of H-pyrrole nitrogens is 1. The third-order valence-electron chi connectivity index (χ3n) is 5.03. The van der Waals surface area contributed by atoms with Crippen LogP contribution in [-0.2, 0) is 0 Å². The van der Waals surface area contributed by atoms with Crippen molar-refractivity contribution in [3.63, 3.8) is 0 Å². The summed E-state index contributed by atoms with van der Waals surface area (Å²) in [6, 6.07) is 16.4. The average molecular weight is 396 g/mol. The number of hydrogen-bond donors (Lipinski definition) is 2. The van der Waals surface area contributed by atoms with Crippen LogP contribution >= 0.6 is 11.3 Å². The zero-order valence-corrected chi connectivity index (χ0v) is 16.6. The average Bonchev–Trinajstić information content (AvgIpc) is 3.44. The third-order valence-corrected chi connectivity index (χ3v) is 5.93. The number of amides is 1. The molecule has 2 N–H and O–H groups in total. The molecule has 0 atom stereocenters. The van der Waals surface area contributed by atoms with Gasteiger partial charge in [0.2, 0.25) is 0 Å². The molecule has 1 aliphatic heterocycles. The molecule has 3 heterocycles. The van der Waals surface area contributed by atoms with E-state index in [1.54, 1.807) is 11.3 Å². The Labute approximate surface area is 169 Å². The molecule has 1 aromatic carbocycles. The highest BCUT2D eigenvalue weighted by atomic mass is 32.1. The van der Waals surface area contributed by atoms with Gasteiger partial charge in [-0.1, -0.05) is 24.3 Å². The molecule has 1 aliphatic rings. The number of para-hydroxylation sites is 1. The highest BCUT2D eigenvalue weighted by Gasteiger charge is 2.17. The minimum Gasteiger partial charge on any atom is -0.369 e. The molecular weight excluding hydrogens is 370 g/mol. The molecule has 1 saturated heterocycles. The first-order chi connectivity index (χ1) is 13.8. The van der Waals surface area contributed by atoms with Crippen LogP contribution in [0.1, 0.15) is 16.9 Å². The number of aromatic nitrogens is 2. The second-order valence-corrected chi connectivity index (χ2v) is 7.87. The molecule has 2 aromatic heterocycles. The maximum absolute atomic E-state index is 12.3. The zero-order valence-electron chi connectivity index (χ0n) is 15.8. The van der Waals surface area contributed by atoms with Crippen LogP contribution in [0.15, 0.2) is 53.9 Å². The van der Waals surface area contributed by atoms with Gasteiger partial charge in [0.25, 0.3) is 5.91 Å². The number of thiophene rings is 1. The van der Waals surface area contributed by atoms with Crippen LogP contribution in [0.5, 0.6) is 0 Å². The van der Waals surface area contributed by atoms with E-state index in [9.17, 15) is 4.79 Å². The number of benzene rings is 1. The van der Waals surface area contributed by atoms with Gasteiger partial charge in [-0.05, 0) is 42.6 Å². The van der Waals surface area contributed by atoms with E-state index in [-0.39, 0.29) is 5.91 Å². The Kier molecular flexibility index (Phi) is 6.04. The van der Waals surface area contributed by atoms with Gasteiger partial charge < -0.3 is 10.2 Å². The highest BCUT2D eigenvalue weighted by molar-refractivity contribution is 7.13. The monoisotopic (exact) mass is 395 g/mol. The molecular formula is C21H25N5OS. The molecule has 1 amide bonds. The van der Waals surface area contributed by atoms with Crippen molar-refractivity contribution < 1.29 is 4.79 Å². The van der Waals surface area contributed by atoms with Crippen LogP contribution in [-0.4, -0.2) is 60.3 Å². The van der Waals surface area contributed by atoms with Crippen LogP contribution < -0.4 is 10.2 Å². The van der Waals surface area contributed by atoms with Crippen molar-refractivity contribution in [2.24, 2.45) is 0 Å².